The van der Waals surface area contributed by atoms with Crippen LogP contribution in [0.5, 0.6) is 11.5 Å². The Balaban J connectivity index is 0.00000200. The molecule has 0 aliphatic rings. The van der Waals surface area contributed by atoms with Crippen molar-refractivity contribution in [2.75, 3.05) is 0 Å². The van der Waals surface area contributed by atoms with Crippen LogP contribution in [0.25, 0.3) is 0 Å². The van der Waals surface area contributed by atoms with Gasteiger partial charge in [-0.05, 0) is 24.3 Å². The number of carboxylic acids is 1. The maximum absolute atomic E-state index is 11.8. The van der Waals surface area contributed by atoms with E-state index in [4.69, 9.17) is 9.84 Å². The third-order valence-corrected chi connectivity index (χ3v) is 2.44. The Hall–Kier alpha value is -0.184. The van der Waals surface area contributed by atoms with Crippen molar-refractivity contribution in [3.05, 3.63) is 59.7 Å². The van der Waals surface area contributed by atoms with Gasteiger partial charge in [0, 0.05) is 0 Å². The first-order valence-electron chi connectivity index (χ1n) is 5.42. The number of carbonyl (C=O) groups excluding carboxylic acids is 1. The van der Waals surface area contributed by atoms with Gasteiger partial charge in [-0.2, -0.15) is 0 Å². The van der Waals surface area contributed by atoms with Gasteiger partial charge in [0.15, 0.2) is 0 Å². The Morgan fingerprint density at radius 3 is 2.00 bits per heavy atom. The number of phenols is 1. The van der Waals surface area contributed by atoms with Crippen molar-refractivity contribution in [2.24, 2.45) is 0 Å². The molecule has 2 aromatic carbocycles. The molecule has 0 saturated carbocycles. The number of rotatable bonds is 3. The molecule has 7 heteroatoms. The van der Waals surface area contributed by atoms with E-state index < -0.39 is 11.9 Å². The van der Waals surface area contributed by atoms with Crippen molar-refractivity contribution < 1.29 is 24.5 Å². The van der Waals surface area contributed by atoms with E-state index in [-0.39, 0.29) is 104 Å². The van der Waals surface area contributed by atoms with Gasteiger partial charge in [-0.1, -0.05) is 24.3 Å². The fourth-order valence-electron chi connectivity index (χ4n) is 1.53. The first kappa shape index (κ1) is 20.8. The number of carboxylic acid groups (broad SMARTS) is 1. The van der Waals surface area contributed by atoms with Crippen LogP contribution in [0.4, 0.5) is 0 Å². The summed E-state index contributed by atoms with van der Waals surface area (Å²) in [5, 5.41) is 18.5. The van der Waals surface area contributed by atoms with Crippen molar-refractivity contribution in [1.82, 2.24) is 0 Å². The summed E-state index contributed by atoms with van der Waals surface area (Å²) in [7, 11) is 0. The van der Waals surface area contributed by atoms with Crippen LogP contribution in [0.15, 0.2) is 48.5 Å². The molecule has 5 nitrogen and oxygen atoms in total. The summed E-state index contributed by atoms with van der Waals surface area (Å²) >= 11 is 0. The summed E-state index contributed by atoms with van der Waals surface area (Å²) in [6, 6.07) is 11.7. The summed E-state index contributed by atoms with van der Waals surface area (Å²) in [6.07, 6.45) is 0. The van der Waals surface area contributed by atoms with Gasteiger partial charge in [0.1, 0.15) is 22.6 Å². The number of aromatic carboxylic acids is 1. The molecule has 0 fully saturated rings. The number of phenolic OH excluding ortho intramolecular Hbond substituents is 1. The van der Waals surface area contributed by atoms with E-state index in [1.54, 1.807) is 18.2 Å². The predicted octanol–water partition coefficient (Wildman–Crippen LogP) is 1.01. The molecule has 21 heavy (non-hydrogen) atoms. The number of benzene rings is 2. The Morgan fingerprint density at radius 1 is 0.905 bits per heavy atom. The molecule has 0 spiro atoms. The third-order valence-electron chi connectivity index (χ3n) is 2.44. The summed E-state index contributed by atoms with van der Waals surface area (Å²) in [4.78, 5) is 22.8. The number of esters is 1. The second-order valence-corrected chi connectivity index (χ2v) is 3.71. The second-order valence-electron chi connectivity index (χ2n) is 3.71. The minimum atomic E-state index is -1.19. The number of ether oxygens (including phenoxy) is 1. The summed E-state index contributed by atoms with van der Waals surface area (Å²) < 4.78 is 4.99. The molecular formula is C14H12KNaO5. The molecule has 0 heterocycles. The Kier molecular flexibility index (Phi) is 9.67. The molecule has 0 aliphatic carbocycles. The van der Waals surface area contributed by atoms with Gasteiger partial charge in [0.2, 0.25) is 0 Å². The zero-order valence-corrected chi connectivity index (χ0v) is 9.74. The number of aromatic hydroxyl groups is 1. The number of carbonyl (C=O) groups is 2. The molecular weight excluding hydrogens is 310 g/mol. The average molecular weight is 322 g/mol. The summed E-state index contributed by atoms with van der Waals surface area (Å²) in [5.41, 5.74) is -0.144. The van der Waals surface area contributed by atoms with Crippen LogP contribution < -0.4 is 4.74 Å². The van der Waals surface area contributed by atoms with Crippen LogP contribution in [-0.2, 0) is 0 Å². The van der Waals surface area contributed by atoms with Crippen LogP contribution >= 0.6 is 0 Å². The van der Waals surface area contributed by atoms with Gasteiger partial charge >= 0.3 is 92.9 Å². The van der Waals surface area contributed by atoms with Crippen molar-refractivity contribution in [1.29, 1.82) is 0 Å². The number of hydrogen-bond acceptors (Lipinski definition) is 4. The third kappa shape index (κ3) is 5.50. The number of hydrogen-bond donors (Lipinski definition) is 2. The topological polar surface area (TPSA) is 83.8 Å². The molecule has 0 saturated heterocycles. The van der Waals surface area contributed by atoms with Gasteiger partial charge in [-0.3, -0.25) is 0 Å². The standard InChI is InChI=1S/C14H10O5.K.Na.2H/c15-11-7-3-1-5-9(11)14(18)19-12-8-4-2-6-10(12)13(16)17;;;;/h1-8,15H,(H,16,17);;;;. The zero-order chi connectivity index (χ0) is 13.8. The normalized spacial score (nSPS) is 8.95. The van der Waals surface area contributed by atoms with E-state index in [9.17, 15) is 14.7 Å². The fourth-order valence-corrected chi connectivity index (χ4v) is 1.53. The molecule has 0 aromatic heterocycles. The van der Waals surface area contributed by atoms with Gasteiger partial charge in [-0.25, -0.2) is 9.59 Å². The van der Waals surface area contributed by atoms with Crippen LogP contribution in [0, 0.1) is 0 Å². The van der Waals surface area contributed by atoms with Crippen LogP contribution in [0.2, 0.25) is 0 Å². The van der Waals surface area contributed by atoms with Crippen LogP contribution in [-0.4, -0.2) is 103 Å². The quantitative estimate of drug-likeness (QED) is 0.501. The van der Waals surface area contributed by atoms with Crippen molar-refractivity contribution in [3.63, 3.8) is 0 Å². The summed E-state index contributed by atoms with van der Waals surface area (Å²) in [6.45, 7) is 0. The Bertz CT molecular complexity index is 645. The van der Waals surface area contributed by atoms with Crippen molar-refractivity contribution >= 4 is 92.9 Å². The fraction of sp³-hybridized carbons (Fsp3) is 0. The van der Waals surface area contributed by atoms with Crippen LogP contribution in [0.3, 0.4) is 0 Å². The molecule has 0 atom stereocenters. The predicted molar refractivity (Wildman–Crippen MR) is 80.8 cm³/mol. The van der Waals surface area contributed by atoms with Crippen molar-refractivity contribution in [3.8, 4) is 11.5 Å². The Morgan fingerprint density at radius 2 is 1.43 bits per heavy atom. The van der Waals surface area contributed by atoms with E-state index >= 15 is 0 Å². The molecule has 2 aromatic rings. The van der Waals surface area contributed by atoms with E-state index in [1.165, 1.54) is 30.3 Å². The second kappa shape index (κ2) is 9.76. The van der Waals surface area contributed by atoms with E-state index in [2.05, 4.69) is 0 Å². The van der Waals surface area contributed by atoms with Crippen LogP contribution in [0.1, 0.15) is 20.7 Å². The minimum absolute atomic E-state index is 0. The van der Waals surface area contributed by atoms with Gasteiger partial charge in [0.25, 0.3) is 0 Å². The van der Waals surface area contributed by atoms with E-state index in [0.717, 1.165) is 0 Å². The van der Waals surface area contributed by atoms with Gasteiger partial charge in [0.05, 0.1) is 0 Å². The maximum atomic E-state index is 11.8. The van der Waals surface area contributed by atoms with Crippen molar-refractivity contribution in [2.45, 2.75) is 0 Å². The molecule has 2 rings (SSSR count). The number of para-hydroxylation sites is 2. The summed E-state index contributed by atoms with van der Waals surface area (Å²) in [5.74, 6) is -2.30. The monoisotopic (exact) mass is 322 g/mol. The molecule has 2 N–H and O–H groups in total. The molecule has 100 valence electrons. The first-order chi connectivity index (χ1) is 9.09. The van der Waals surface area contributed by atoms with Gasteiger partial charge in [-0.15, -0.1) is 0 Å². The zero-order valence-electron chi connectivity index (χ0n) is 9.74. The molecule has 0 unspecified atom stereocenters. The Labute approximate surface area is 186 Å². The van der Waals surface area contributed by atoms with Gasteiger partial charge < -0.3 is 14.9 Å². The SMILES string of the molecule is O=C(Oc1ccccc1C(=O)O)c1ccccc1O.[KH].[NaH]. The van der Waals surface area contributed by atoms with E-state index in [1.807, 2.05) is 0 Å². The molecule has 0 radical (unpaired) electrons. The molecule has 0 bridgehead atoms. The van der Waals surface area contributed by atoms with E-state index in [0.29, 0.717) is 0 Å². The first-order valence-corrected chi connectivity index (χ1v) is 5.42. The molecule has 0 amide bonds. The average Bonchev–Trinajstić information content (AvgIpc) is 2.39. The molecule has 0 aliphatic heterocycles.